The van der Waals surface area contributed by atoms with E-state index in [1.807, 2.05) is 50.2 Å². The van der Waals surface area contributed by atoms with Crippen molar-refractivity contribution in [1.29, 1.82) is 5.26 Å². The van der Waals surface area contributed by atoms with Gasteiger partial charge in [-0.3, -0.25) is 0 Å². The van der Waals surface area contributed by atoms with Crippen LogP contribution in [0.5, 0.6) is 5.75 Å². The quantitative estimate of drug-likeness (QED) is 0.260. The number of hydrogen-bond acceptors (Lipinski definition) is 6. The van der Waals surface area contributed by atoms with Gasteiger partial charge in [0.1, 0.15) is 23.1 Å². The Morgan fingerprint density at radius 1 is 0.939 bits per heavy atom. The number of fused-ring (bicyclic) bond motifs is 1. The van der Waals surface area contributed by atoms with Crippen LogP contribution in [0.3, 0.4) is 0 Å². The number of nitrogens with zero attached hydrogens (tertiary/aromatic N) is 2. The lowest BCUT2D eigenvalue weighted by Gasteiger charge is -2.14. The van der Waals surface area contributed by atoms with Crippen molar-refractivity contribution in [3.63, 3.8) is 0 Å². The molecular weight excluding hydrogens is 416 g/mol. The first kappa shape index (κ1) is 20.4. The second-order valence-electron chi connectivity index (χ2n) is 7.68. The van der Waals surface area contributed by atoms with Gasteiger partial charge in [-0.25, -0.2) is 4.99 Å². The van der Waals surface area contributed by atoms with Crippen LogP contribution in [0.4, 0.5) is 5.88 Å². The maximum atomic E-state index is 9.97. The summed E-state index contributed by atoms with van der Waals surface area (Å²) in [5.41, 5.74) is 1.57. The maximum absolute atomic E-state index is 9.97. The van der Waals surface area contributed by atoms with Crippen molar-refractivity contribution in [2.45, 2.75) is 20.0 Å². The van der Waals surface area contributed by atoms with E-state index in [1.165, 1.54) is 0 Å². The highest BCUT2D eigenvalue weighted by Crippen LogP contribution is 2.43. The molecule has 0 aliphatic rings. The first-order valence-electron chi connectivity index (χ1n) is 10.5. The minimum atomic E-state index is -0.00675. The molecule has 162 valence electrons. The molecule has 0 spiro atoms. The number of hydrogen-bond donors (Lipinski definition) is 0. The van der Waals surface area contributed by atoms with Crippen molar-refractivity contribution in [3.05, 3.63) is 84.3 Å². The molecular formula is C27H20N2O4. The molecule has 33 heavy (non-hydrogen) atoms. The number of rotatable bonds is 6. The predicted octanol–water partition coefficient (Wildman–Crippen LogP) is 7.36. The van der Waals surface area contributed by atoms with Gasteiger partial charge in [0, 0.05) is 11.8 Å². The number of nitriles is 1. The summed E-state index contributed by atoms with van der Waals surface area (Å²) < 4.78 is 23.2. The molecule has 0 unspecified atom stereocenters. The summed E-state index contributed by atoms with van der Waals surface area (Å²) in [6.07, 6.45) is 4.76. The van der Waals surface area contributed by atoms with Crippen molar-refractivity contribution in [2.24, 2.45) is 4.99 Å². The summed E-state index contributed by atoms with van der Waals surface area (Å²) in [5.74, 6) is 2.23. The minimum Gasteiger partial charge on any atom is -0.490 e. The Kier molecular flexibility index (Phi) is 5.29. The van der Waals surface area contributed by atoms with E-state index < -0.39 is 0 Å². The molecule has 0 saturated heterocycles. The van der Waals surface area contributed by atoms with E-state index in [4.69, 9.17) is 18.0 Å². The van der Waals surface area contributed by atoms with Gasteiger partial charge in [-0.05, 0) is 55.0 Å². The van der Waals surface area contributed by atoms with Crippen LogP contribution in [0.1, 0.15) is 25.0 Å². The molecule has 5 aromatic rings. The number of aliphatic imine (C=N–C) groups is 1. The number of benzene rings is 2. The van der Waals surface area contributed by atoms with Crippen molar-refractivity contribution in [1.82, 2.24) is 0 Å². The summed E-state index contributed by atoms with van der Waals surface area (Å²) in [7, 11) is 0. The van der Waals surface area contributed by atoms with Crippen molar-refractivity contribution in [2.75, 3.05) is 0 Å². The molecule has 6 heteroatoms. The second-order valence-corrected chi connectivity index (χ2v) is 7.68. The molecule has 6 nitrogen and oxygen atoms in total. The van der Waals surface area contributed by atoms with Gasteiger partial charge < -0.3 is 18.0 Å². The van der Waals surface area contributed by atoms with Crippen LogP contribution in [-0.4, -0.2) is 12.3 Å². The Labute approximate surface area is 190 Å². The van der Waals surface area contributed by atoms with Gasteiger partial charge in [-0.15, -0.1) is 0 Å². The first-order valence-corrected chi connectivity index (χ1v) is 10.5. The zero-order chi connectivity index (χ0) is 22.8. The minimum absolute atomic E-state index is 0.00675. The summed E-state index contributed by atoms with van der Waals surface area (Å²) in [6, 6.07) is 21.2. The van der Waals surface area contributed by atoms with E-state index in [0.717, 1.165) is 16.3 Å². The molecule has 0 N–H and O–H groups in total. The molecule has 3 heterocycles. The van der Waals surface area contributed by atoms with Crippen LogP contribution in [-0.2, 0) is 0 Å². The van der Waals surface area contributed by atoms with Crippen LogP contribution in [0, 0.1) is 11.3 Å². The van der Waals surface area contributed by atoms with Gasteiger partial charge in [-0.1, -0.05) is 30.3 Å². The molecule has 0 atom stereocenters. The molecule has 5 rings (SSSR count). The summed E-state index contributed by atoms with van der Waals surface area (Å²) in [6.45, 7) is 3.95. The smallest absolute Gasteiger partial charge is 0.238 e. The summed E-state index contributed by atoms with van der Waals surface area (Å²) in [4.78, 5) is 4.59. The Balaban J connectivity index is 1.68. The van der Waals surface area contributed by atoms with Gasteiger partial charge in [0.15, 0.2) is 11.5 Å². The van der Waals surface area contributed by atoms with Crippen molar-refractivity contribution >= 4 is 22.9 Å². The van der Waals surface area contributed by atoms with E-state index in [-0.39, 0.29) is 17.6 Å². The highest BCUT2D eigenvalue weighted by Gasteiger charge is 2.26. The lowest BCUT2D eigenvalue weighted by atomic mass is 10.0. The lowest BCUT2D eigenvalue weighted by molar-refractivity contribution is 0.242. The Morgan fingerprint density at radius 3 is 2.39 bits per heavy atom. The Morgan fingerprint density at radius 2 is 1.70 bits per heavy atom. The van der Waals surface area contributed by atoms with Gasteiger partial charge in [0.2, 0.25) is 5.88 Å². The fourth-order valence-electron chi connectivity index (χ4n) is 3.74. The summed E-state index contributed by atoms with van der Waals surface area (Å²) >= 11 is 0. The van der Waals surface area contributed by atoms with E-state index in [2.05, 4.69) is 11.1 Å². The van der Waals surface area contributed by atoms with Gasteiger partial charge in [0.25, 0.3) is 0 Å². The van der Waals surface area contributed by atoms with E-state index in [0.29, 0.717) is 28.6 Å². The lowest BCUT2D eigenvalue weighted by Crippen LogP contribution is -2.07. The number of furan rings is 3. The topological polar surface area (TPSA) is 84.8 Å². The molecule has 0 bridgehead atoms. The number of ether oxygens (including phenoxy) is 1. The van der Waals surface area contributed by atoms with E-state index in [9.17, 15) is 5.26 Å². The van der Waals surface area contributed by atoms with Gasteiger partial charge in [0.05, 0.1) is 24.2 Å². The standard InChI is InChI=1S/C27H20N2O4/c1-17(2)32-22-12-11-18-7-3-4-8-19(18)21(22)16-29-27-20(15-28)25(23-9-5-13-30-23)26(33-27)24-10-6-14-31-24/h3-14,16-17H,1-2H3/b29-16+. The fourth-order valence-corrected chi connectivity index (χ4v) is 3.74. The molecule has 0 fully saturated rings. The van der Waals surface area contributed by atoms with Crippen LogP contribution >= 0.6 is 0 Å². The molecule has 0 aliphatic carbocycles. The Hall–Kier alpha value is -4.50. The predicted molar refractivity (Wildman–Crippen MR) is 126 cm³/mol. The average Bonchev–Trinajstić information content (AvgIpc) is 3.58. The largest absolute Gasteiger partial charge is 0.490 e. The molecule has 0 saturated carbocycles. The fraction of sp³-hybridized carbons (Fsp3) is 0.111. The molecule has 0 aliphatic heterocycles. The zero-order valence-corrected chi connectivity index (χ0v) is 18.1. The highest BCUT2D eigenvalue weighted by atomic mass is 16.5. The molecule has 3 aromatic heterocycles. The van der Waals surface area contributed by atoms with Crippen LogP contribution in [0.2, 0.25) is 0 Å². The third-order valence-electron chi connectivity index (χ3n) is 5.12. The van der Waals surface area contributed by atoms with Crippen LogP contribution in [0.25, 0.3) is 33.6 Å². The average molecular weight is 436 g/mol. The summed E-state index contributed by atoms with van der Waals surface area (Å²) in [5, 5.41) is 12.0. The Bertz CT molecular complexity index is 1470. The third-order valence-corrected chi connectivity index (χ3v) is 5.12. The zero-order valence-electron chi connectivity index (χ0n) is 18.1. The van der Waals surface area contributed by atoms with Gasteiger partial charge >= 0.3 is 0 Å². The van der Waals surface area contributed by atoms with Crippen molar-refractivity contribution in [3.8, 4) is 34.7 Å². The van der Waals surface area contributed by atoms with Crippen LogP contribution < -0.4 is 4.74 Å². The van der Waals surface area contributed by atoms with Crippen molar-refractivity contribution < 1.29 is 18.0 Å². The molecule has 0 amide bonds. The first-order chi connectivity index (χ1) is 16.2. The highest BCUT2D eigenvalue weighted by molar-refractivity contribution is 6.03. The third kappa shape index (κ3) is 3.81. The maximum Gasteiger partial charge on any atom is 0.238 e. The van der Waals surface area contributed by atoms with E-state index >= 15 is 0 Å². The van der Waals surface area contributed by atoms with Gasteiger partial charge in [-0.2, -0.15) is 5.26 Å². The SMILES string of the molecule is CC(C)Oc1ccc2ccccc2c1/C=N/c1oc(-c2ccco2)c(-c2ccco2)c1C#N. The van der Waals surface area contributed by atoms with E-state index in [1.54, 1.807) is 43.0 Å². The van der Waals surface area contributed by atoms with Crippen LogP contribution in [0.15, 0.2) is 91.4 Å². The molecule has 0 radical (unpaired) electrons. The normalized spacial score (nSPS) is 11.5. The monoisotopic (exact) mass is 436 g/mol. The second kappa shape index (κ2) is 8.56. The molecule has 2 aromatic carbocycles.